The lowest BCUT2D eigenvalue weighted by atomic mass is 9.89. The second-order valence-electron chi connectivity index (χ2n) is 7.33. The summed E-state index contributed by atoms with van der Waals surface area (Å²) in [7, 11) is -3.91. The molecular weight excluding hydrogens is 396 g/mol. The molecular formula is C21H25ClN2O3S. The van der Waals surface area contributed by atoms with Crippen LogP contribution in [0.25, 0.3) is 0 Å². The van der Waals surface area contributed by atoms with E-state index in [0.29, 0.717) is 18.2 Å². The van der Waals surface area contributed by atoms with Gasteiger partial charge in [0.05, 0.1) is 5.02 Å². The zero-order chi connectivity index (χ0) is 20.1. The van der Waals surface area contributed by atoms with Gasteiger partial charge in [0, 0.05) is 17.8 Å². The first-order chi connectivity index (χ1) is 13.3. The van der Waals surface area contributed by atoms with Crippen molar-refractivity contribution in [3.8, 4) is 0 Å². The van der Waals surface area contributed by atoms with Gasteiger partial charge in [-0.3, -0.25) is 9.52 Å². The summed E-state index contributed by atoms with van der Waals surface area (Å²) in [5.41, 5.74) is 1.66. The highest BCUT2D eigenvalue weighted by Crippen LogP contribution is 2.26. The van der Waals surface area contributed by atoms with Gasteiger partial charge in [-0.2, -0.15) is 0 Å². The van der Waals surface area contributed by atoms with Crippen LogP contribution in [0.3, 0.4) is 0 Å². The van der Waals surface area contributed by atoms with Crippen molar-refractivity contribution in [2.45, 2.75) is 43.9 Å². The molecule has 1 aliphatic rings. The predicted molar refractivity (Wildman–Crippen MR) is 112 cm³/mol. The first kappa shape index (κ1) is 20.7. The fourth-order valence-electron chi connectivity index (χ4n) is 3.50. The highest BCUT2D eigenvalue weighted by molar-refractivity contribution is 7.92. The third-order valence-corrected chi connectivity index (χ3v) is 6.89. The van der Waals surface area contributed by atoms with E-state index in [1.54, 1.807) is 24.3 Å². The normalized spacial score (nSPS) is 15.2. The van der Waals surface area contributed by atoms with Crippen molar-refractivity contribution < 1.29 is 13.2 Å². The Morgan fingerprint density at radius 2 is 1.86 bits per heavy atom. The molecule has 0 aromatic heterocycles. The molecule has 2 aromatic rings. The molecule has 1 fully saturated rings. The summed E-state index contributed by atoms with van der Waals surface area (Å²) in [6.45, 7) is 2.49. The summed E-state index contributed by atoms with van der Waals surface area (Å²) >= 11 is 6.13. The summed E-state index contributed by atoms with van der Waals surface area (Å²) < 4.78 is 28.1. The van der Waals surface area contributed by atoms with Crippen molar-refractivity contribution in [1.29, 1.82) is 0 Å². The number of aryl methyl sites for hydroxylation is 1. The number of amides is 1. The van der Waals surface area contributed by atoms with E-state index in [0.717, 1.165) is 18.4 Å². The Hall–Kier alpha value is -2.05. The van der Waals surface area contributed by atoms with E-state index in [4.69, 9.17) is 11.6 Å². The van der Waals surface area contributed by atoms with E-state index < -0.39 is 10.0 Å². The highest BCUT2D eigenvalue weighted by Gasteiger charge is 2.21. The molecule has 0 aliphatic heterocycles. The number of carbonyl (C=O) groups is 1. The second kappa shape index (κ2) is 8.97. The van der Waals surface area contributed by atoms with Crippen LogP contribution in [0.5, 0.6) is 0 Å². The number of hydrogen-bond acceptors (Lipinski definition) is 3. The Labute approximate surface area is 171 Å². The lowest BCUT2D eigenvalue weighted by Gasteiger charge is -2.21. The number of benzene rings is 2. The molecule has 2 N–H and O–H groups in total. The van der Waals surface area contributed by atoms with Crippen molar-refractivity contribution in [1.82, 2.24) is 5.32 Å². The van der Waals surface area contributed by atoms with E-state index in [-0.39, 0.29) is 21.4 Å². The molecule has 7 heteroatoms. The zero-order valence-electron chi connectivity index (χ0n) is 15.9. The largest absolute Gasteiger partial charge is 0.352 e. The minimum Gasteiger partial charge on any atom is -0.352 e. The molecule has 3 rings (SSSR count). The lowest BCUT2D eigenvalue weighted by molar-refractivity contribution is 0.0943. The van der Waals surface area contributed by atoms with Crippen LogP contribution in [0.15, 0.2) is 47.4 Å². The number of rotatable bonds is 6. The molecule has 0 unspecified atom stereocenters. The fraction of sp³-hybridized carbons (Fsp3) is 0.381. The first-order valence-electron chi connectivity index (χ1n) is 9.52. The maximum absolute atomic E-state index is 12.8. The highest BCUT2D eigenvalue weighted by atomic mass is 35.5. The van der Waals surface area contributed by atoms with Crippen molar-refractivity contribution in [3.63, 3.8) is 0 Å². The van der Waals surface area contributed by atoms with Gasteiger partial charge in [-0.25, -0.2) is 8.42 Å². The van der Waals surface area contributed by atoms with Crippen LogP contribution in [0.1, 0.15) is 48.0 Å². The van der Waals surface area contributed by atoms with Crippen LogP contribution in [0.4, 0.5) is 5.69 Å². The van der Waals surface area contributed by atoms with Crippen LogP contribution in [0, 0.1) is 12.8 Å². The Bertz CT molecular complexity index is 954. The molecule has 5 nitrogen and oxygen atoms in total. The molecule has 0 spiro atoms. The maximum Gasteiger partial charge on any atom is 0.263 e. The summed E-state index contributed by atoms with van der Waals surface area (Å²) in [4.78, 5) is 12.4. The van der Waals surface area contributed by atoms with Gasteiger partial charge in [0.2, 0.25) is 0 Å². The van der Waals surface area contributed by atoms with Gasteiger partial charge >= 0.3 is 0 Å². The van der Waals surface area contributed by atoms with Gasteiger partial charge in [0.15, 0.2) is 0 Å². The van der Waals surface area contributed by atoms with Crippen molar-refractivity contribution >= 4 is 33.2 Å². The summed E-state index contributed by atoms with van der Waals surface area (Å²) in [5, 5.41) is 3.00. The summed E-state index contributed by atoms with van der Waals surface area (Å²) in [6, 6.07) is 11.4. The predicted octanol–water partition coefficient (Wildman–Crippen LogP) is 4.76. The zero-order valence-corrected chi connectivity index (χ0v) is 17.4. The molecule has 0 bridgehead atoms. The van der Waals surface area contributed by atoms with Crippen LogP contribution in [-0.2, 0) is 10.0 Å². The molecule has 0 saturated heterocycles. The third kappa shape index (κ3) is 5.26. The van der Waals surface area contributed by atoms with Gasteiger partial charge in [-0.15, -0.1) is 0 Å². The maximum atomic E-state index is 12.8. The molecule has 0 radical (unpaired) electrons. The molecule has 1 amide bonds. The Kier molecular flexibility index (Phi) is 6.62. The summed E-state index contributed by atoms with van der Waals surface area (Å²) in [5.74, 6) is 0.213. The number of carbonyl (C=O) groups excluding carboxylic acids is 1. The van der Waals surface area contributed by atoms with Gasteiger partial charge < -0.3 is 5.32 Å². The second-order valence-corrected chi connectivity index (χ2v) is 9.39. The van der Waals surface area contributed by atoms with Crippen molar-refractivity contribution in [3.05, 3.63) is 58.6 Å². The molecule has 1 saturated carbocycles. The standard InChI is InChI=1S/C21H25ClN2O3S/c1-15-6-5-9-18(12-15)24-28(26,27)20-13-17(10-11-19(20)22)21(25)23-14-16-7-3-2-4-8-16/h5-6,9-13,16,24H,2-4,7-8,14H2,1H3,(H,23,25). The van der Waals surface area contributed by atoms with Crippen LogP contribution < -0.4 is 10.0 Å². The minimum atomic E-state index is -3.91. The van der Waals surface area contributed by atoms with Crippen molar-refractivity contribution in [2.75, 3.05) is 11.3 Å². The van der Waals surface area contributed by atoms with E-state index in [1.807, 2.05) is 13.0 Å². The minimum absolute atomic E-state index is 0.0731. The van der Waals surface area contributed by atoms with E-state index >= 15 is 0 Å². The molecule has 28 heavy (non-hydrogen) atoms. The molecule has 1 aliphatic carbocycles. The quantitative estimate of drug-likeness (QED) is 0.707. The number of sulfonamides is 1. The number of anilines is 1. The van der Waals surface area contributed by atoms with E-state index in [2.05, 4.69) is 10.0 Å². The van der Waals surface area contributed by atoms with Gasteiger partial charge in [0.1, 0.15) is 4.90 Å². The number of hydrogen-bond donors (Lipinski definition) is 2. The Morgan fingerprint density at radius 1 is 1.11 bits per heavy atom. The van der Waals surface area contributed by atoms with Crippen LogP contribution in [-0.4, -0.2) is 20.9 Å². The Balaban J connectivity index is 1.75. The van der Waals surface area contributed by atoms with Crippen molar-refractivity contribution in [2.24, 2.45) is 5.92 Å². The van der Waals surface area contributed by atoms with Crippen LogP contribution >= 0.6 is 11.6 Å². The third-order valence-electron chi connectivity index (χ3n) is 5.03. The van der Waals surface area contributed by atoms with Crippen LogP contribution in [0.2, 0.25) is 5.02 Å². The smallest absolute Gasteiger partial charge is 0.263 e. The first-order valence-corrected chi connectivity index (χ1v) is 11.4. The molecule has 150 valence electrons. The SMILES string of the molecule is Cc1cccc(NS(=O)(=O)c2cc(C(=O)NCC3CCCCC3)ccc2Cl)c1. The molecule has 0 heterocycles. The number of nitrogens with one attached hydrogen (secondary N) is 2. The molecule has 0 atom stereocenters. The van der Waals surface area contributed by atoms with E-state index in [1.165, 1.54) is 31.4 Å². The van der Waals surface area contributed by atoms with Gasteiger partial charge in [-0.05, 0) is 61.6 Å². The summed E-state index contributed by atoms with van der Waals surface area (Å²) in [6.07, 6.45) is 5.92. The lowest BCUT2D eigenvalue weighted by Crippen LogP contribution is -2.30. The monoisotopic (exact) mass is 420 g/mol. The average Bonchev–Trinajstić information content (AvgIpc) is 2.67. The topological polar surface area (TPSA) is 75.3 Å². The molecule has 2 aromatic carbocycles. The number of halogens is 1. The van der Waals surface area contributed by atoms with Gasteiger partial charge in [-0.1, -0.05) is 43.0 Å². The van der Waals surface area contributed by atoms with E-state index in [9.17, 15) is 13.2 Å². The average molecular weight is 421 g/mol. The fourth-order valence-corrected chi connectivity index (χ4v) is 5.08. The van der Waals surface area contributed by atoms with Gasteiger partial charge in [0.25, 0.3) is 15.9 Å². The Morgan fingerprint density at radius 3 is 2.57 bits per heavy atom.